The Hall–Kier alpha value is -3.39. The zero-order valence-corrected chi connectivity index (χ0v) is 20.4. The van der Waals surface area contributed by atoms with Gasteiger partial charge in [0.1, 0.15) is 17.7 Å². The molecule has 1 saturated heterocycles. The van der Waals surface area contributed by atoms with Crippen LogP contribution in [0.1, 0.15) is 35.3 Å². The fraction of sp³-hybridized carbons (Fsp3) is 0.407. The molecule has 8 heteroatoms. The number of halogens is 1. The fourth-order valence-electron chi connectivity index (χ4n) is 4.86. The monoisotopic (exact) mass is 480 g/mol. The highest BCUT2D eigenvalue weighted by molar-refractivity contribution is 5.87. The number of carbonyl (C=O) groups is 2. The Morgan fingerprint density at radius 2 is 2.00 bits per heavy atom. The van der Waals surface area contributed by atoms with Gasteiger partial charge in [0, 0.05) is 45.3 Å². The summed E-state index contributed by atoms with van der Waals surface area (Å²) >= 11 is 0. The van der Waals surface area contributed by atoms with Crippen molar-refractivity contribution in [2.24, 2.45) is 5.73 Å². The highest BCUT2D eigenvalue weighted by Gasteiger charge is 2.29. The topological polar surface area (TPSA) is 79.1 Å². The highest BCUT2D eigenvalue weighted by atomic mass is 19.1. The van der Waals surface area contributed by atoms with Crippen LogP contribution in [-0.4, -0.2) is 65.4 Å². The number of primary amides is 1. The van der Waals surface area contributed by atoms with Crippen LogP contribution in [0.2, 0.25) is 0 Å². The van der Waals surface area contributed by atoms with Crippen LogP contribution in [0.25, 0.3) is 0 Å². The molecule has 1 fully saturated rings. The minimum atomic E-state index is -0.432. The number of aryl methyl sites for hydroxylation is 1. The van der Waals surface area contributed by atoms with Gasteiger partial charge in [-0.05, 0) is 66.8 Å². The molecule has 0 aliphatic carbocycles. The van der Waals surface area contributed by atoms with Gasteiger partial charge in [0.05, 0.1) is 0 Å². The number of nitrogens with zero attached hydrogens (tertiary/aromatic N) is 3. The number of carbonyl (C=O) groups excluding carboxylic acids is 2. The number of hydrogen-bond donors (Lipinski definition) is 1. The van der Waals surface area contributed by atoms with E-state index in [0.29, 0.717) is 50.6 Å². The highest BCUT2D eigenvalue weighted by Crippen LogP contribution is 2.29. The summed E-state index contributed by atoms with van der Waals surface area (Å²) in [5.41, 5.74) is 8.99. The first kappa shape index (κ1) is 24.7. The molecule has 2 atom stereocenters. The van der Waals surface area contributed by atoms with Gasteiger partial charge < -0.3 is 20.3 Å². The van der Waals surface area contributed by atoms with E-state index in [2.05, 4.69) is 11.5 Å². The molecule has 2 N–H and O–H groups in total. The molecule has 4 rings (SSSR count). The first-order valence-electron chi connectivity index (χ1n) is 12.0. The predicted octanol–water partition coefficient (Wildman–Crippen LogP) is 3.41. The van der Waals surface area contributed by atoms with Gasteiger partial charge in [0.2, 0.25) is 5.91 Å². The van der Waals surface area contributed by atoms with Crippen LogP contribution in [-0.2, 0) is 17.8 Å². The lowest BCUT2D eigenvalue weighted by molar-refractivity contribution is -0.130. The van der Waals surface area contributed by atoms with Crippen LogP contribution < -0.4 is 10.5 Å². The quantitative estimate of drug-likeness (QED) is 0.643. The summed E-state index contributed by atoms with van der Waals surface area (Å²) in [6.07, 6.45) is 1.69. The van der Waals surface area contributed by atoms with Crippen molar-refractivity contribution >= 4 is 11.9 Å². The molecule has 186 valence electrons. The minimum Gasteiger partial charge on any atom is -0.484 e. The summed E-state index contributed by atoms with van der Waals surface area (Å²) in [6.45, 7) is 10.9. The van der Waals surface area contributed by atoms with E-state index in [-0.39, 0.29) is 17.8 Å². The van der Waals surface area contributed by atoms with Crippen molar-refractivity contribution in [2.45, 2.75) is 39.0 Å². The van der Waals surface area contributed by atoms with Crippen molar-refractivity contribution in [1.82, 2.24) is 14.7 Å². The second-order valence-electron chi connectivity index (χ2n) is 9.40. The molecule has 35 heavy (non-hydrogen) atoms. The van der Waals surface area contributed by atoms with Gasteiger partial charge >= 0.3 is 6.03 Å². The number of piperazine rings is 1. The molecule has 0 aromatic heterocycles. The first-order valence-corrected chi connectivity index (χ1v) is 12.0. The second-order valence-corrected chi connectivity index (χ2v) is 9.40. The zero-order chi connectivity index (χ0) is 25.1. The molecule has 2 heterocycles. The maximum atomic E-state index is 14.5. The molecule has 0 spiro atoms. The van der Waals surface area contributed by atoms with Crippen molar-refractivity contribution in [3.8, 4) is 5.75 Å². The number of amides is 3. The van der Waals surface area contributed by atoms with Crippen LogP contribution in [0.15, 0.2) is 49.1 Å². The van der Waals surface area contributed by atoms with Crippen LogP contribution >= 0.6 is 0 Å². The first-order chi connectivity index (χ1) is 16.7. The number of benzene rings is 2. The largest absolute Gasteiger partial charge is 0.484 e. The summed E-state index contributed by atoms with van der Waals surface area (Å²) < 4.78 is 20.9. The average Bonchev–Trinajstić information content (AvgIpc) is 2.84. The van der Waals surface area contributed by atoms with Crippen molar-refractivity contribution in [2.75, 3.05) is 32.7 Å². The van der Waals surface area contributed by atoms with E-state index in [1.807, 2.05) is 36.1 Å². The lowest BCUT2D eigenvalue weighted by Gasteiger charge is -2.40. The standard InChI is InChI=1S/C27H33FN4O3/c1-4-26(33)32-12-11-30(15-19(32)3)17-25(21-6-5-18(2)24(28)14-21)35-23-8-7-20-9-10-31(27(29)34)16-22(20)13-23/h4-8,13-14,19,25H,1,9-12,15-17H2,2-3H3,(H2,29,34)/t19-,25+/m1/s1. The van der Waals surface area contributed by atoms with Gasteiger partial charge in [-0.2, -0.15) is 0 Å². The molecule has 0 bridgehead atoms. The van der Waals surface area contributed by atoms with Gasteiger partial charge in [-0.3, -0.25) is 9.69 Å². The normalized spacial score (nSPS) is 19.1. The van der Waals surface area contributed by atoms with E-state index >= 15 is 0 Å². The van der Waals surface area contributed by atoms with Crippen molar-refractivity contribution < 1.29 is 18.7 Å². The van der Waals surface area contributed by atoms with Crippen molar-refractivity contribution in [3.63, 3.8) is 0 Å². The minimum absolute atomic E-state index is 0.0354. The van der Waals surface area contributed by atoms with E-state index < -0.39 is 12.1 Å². The van der Waals surface area contributed by atoms with E-state index in [1.54, 1.807) is 17.9 Å². The van der Waals surface area contributed by atoms with Crippen LogP contribution in [0.4, 0.5) is 9.18 Å². The third-order valence-corrected chi connectivity index (χ3v) is 6.94. The van der Waals surface area contributed by atoms with E-state index in [1.165, 1.54) is 17.7 Å². The number of rotatable bonds is 6. The van der Waals surface area contributed by atoms with Crippen LogP contribution in [0.3, 0.4) is 0 Å². The molecule has 0 unspecified atom stereocenters. The number of nitrogens with two attached hydrogens (primary N) is 1. The predicted molar refractivity (Wildman–Crippen MR) is 132 cm³/mol. The lowest BCUT2D eigenvalue weighted by atomic mass is 9.99. The van der Waals surface area contributed by atoms with Crippen LogP contribution in [0.5, 0.6) is 5.75 Å². The smallest absolute Gasteiger partial charge is 0.315 e. The Morgan fingerprint density at radius 1 is 1.20 bits per heavy atom. The molecule has 0 saturated carbocycles. The average molecular weight is 481 g/mol. The Bertz CT molecular complexity index is 1120. The summed E-state index contributed by atoms with van der Waals surface area (Å²) in [4.78, 5) is 29.4. The Morgan fingerprint density at radius 3 is 2.69 bits per heavy atom. The molecule has 3 amide bonds. The fourth-order valence-corrected chi connectivity index (χ4v) is 4.86. The molecule has 7 nitrogen and oxygen atoms in total. The van der Waals surface area contributed by atoms with E-state index in [4.69, 9.17) is 10.5 Å². The van der Waals surface area contributed by atoms with E-state index in [0.717, 1.165) is 17.5 Å². The Kier molecular flexibility index (Phi) is 7.40. The molecular weight excluding hydrogens is 447 g/mol. The second kappa shape index (κ2) is 10.5. The van der Waals surface area contributed by atoms with Crippen molar-refractivity contribution in [3.05, 3.63) is 77.1 Å². The summed E-state index contributed by atoms with van der Waals surface area (Å²) in [7, 11) is 0. The SMILES string of the molecule is C=CC(=O)N1CCN(C[C@H](Oc2ccc3c(c2)CN(C(N)=O)CC3)c2ccc(C)c(F)c2)C[C@H]1C. The summed E-state index contributed by atoms with van der Waals surface area (Å²) in [5, 5.41) is 0. The van der Waals surface area contributed by atoms with Crippen molar-refractivity contribution in [1.29, 1.82) is 0 Å². The summed E-state index contributed by atoms with van der Waals surface area (Å²) in [5.74, 6) is 0.326. The third kappa shape index (κ3) is 5.65. The number of urea groups is 1. The molecular formula is C27H33FN4O3. The Labute approximate surface area is 205 Å². The Balaban J connectivity index is 1.55. The third-order valence-electron chi connectivity index (χ3n) is 6.94. The number of fused-ring (bicyclic) bond motifs is 1. The van der Waals surface area contributed by atoms with Gasteiger partial charge in [-0.1, -0.05) is 24.8 Å². The zero-order valence-electron chi connectivity index (χ0n) is 20.4. The van der Waals surface area contributed by atoms with E-state index in [9.17, 15) is 14.0 Å². The van der Waals surface area contributed by atoms with Gasteiger partial charge in [-0.25, -0.2) is 9.18 Å². The van der Waals surface area contributed by atoms with Crippen LogP contribution in [0, 0.1) is 12.7 Å². The molecule has 2 aliphatic rings. The lowest BCUT2D eigenvalue weighted by Crippen LogP contribution is -2.54. The maximum Gasteiger partial charge on any atom is 0.315 e. The number of hydrogen-bond acceptors (Lipinski definition) is 4. The maximum absolute atomic E-state index is 14.5. The van der Waals surface area contributed by atoms with Gasteiger partial charge in [-0.15, -0.1) is 0 Å². The molecule has 2 aliphatic heterocycles. The molecule has 0 radical (unpaired) electrons. The number of ether oxygens (including phenoxy) is 1. The van der Waals surface area contributed by atoms with Gasteiger partial charge in [0.15, 0.2) is 0 Å². The molecule has 2 aromatic carbocycles. The summed E-state index contributed by atoms with van der Waals surface area (Å²) in [6, 6.07) is 10.7. The van der Waals surface area contributed by atoms with Gasteiger partial charge in [0.25, 0.3) is 0 Å². The molecule has 2 aromatic rings.